The van der Waals surface area contributed by atoms with Crippen molar-refractivity contribution in [2.75, 3.05) is 18.2 Å². The summed E-state index contributed by atoms with van der Waals surface area (Å²) in [5.74, 6) is 0.000394. The predicted molar refractivity (Wildman–Crippen MR) is 74.4 cm³/mol. The Bertz CT molecular complexity index is 692. The fourth-order valence-electron chi connectivity index (χ4n) is 1.63. The Kier molecular flexibility index (Phi) is 3.82. The number of benzene rings is 1. The molecule has 0 atom stereocenters. The molecule has 2 rings (SSSR count). The summed E-state index contributed by atoms with van der Waals surface area (Å²) in [6.45, 7) is 0. The van der Waals surface area contributed by atoms with Crippen LogP contribution in [0, 0.1) is 11.3 Å². The first-order valence-corrected chi connectivity index (χ1v) is 5.75. The van der Waals surface area contributed by atoms with Gasteiger partial charge in [0, 0.05) is 11.9 Å². The third-order valence-electron chi connectivity index (χ3n) is 2.59. The van der Waals surface area contributed by atoms with Crippen molar-refractivity contribution < 1.29 is 9.53 Å². The molecule has 100 valence electrons. The summed E-state index contributed by atoms with van der Waals surface area (Å²) in [7, 11) is 1.32. The molecule has 1 heterocycles. The van der Waals surface area contributed by atoms with Crippen LogP contribution in [0.2, 0.25) is 0 Å². The highest BCUT2D eigenvalue weighted by molar-refractivity contribution is 5.90. The fraction of sp³-hybridized carbons (Fsp3) is 0.0714. The number of rotatable bonds is 3. The van der Waals surface area contributed by atoms with E-state index in [2.05, 4.69) is 15.0 Å². The second-order valence-corrected chi connectivity index (χ2v) is 3.97. The van der Waals surface area contributed by atoms with Gasteiger partial charge in [-0.15, -0.1) is 0 Å². The third kappa shape index (κ3) is 2.84. The summed E-state index contributed by atoms with van der Waals surface area (Å²) in [5, 5.41) is 11.7. The molecule has 0 spiro atoms. The summed E-state index contributed by atoms with van der Waals surface area (Å²) in [6, 6.07) is 10.2. The molecule has 6 heteroatoms. The number of aromatic nitrogens is 1. The first-order valence-electron chi connectivity index (χ1n) is 5.75. The summed E-state index contributed by atoms with van der Waals surface area (Å²) < 4.78 is 4.65. The lowest BCUT2D eigenvalue weighted by molar-refractivity contribution is 0.0601. The van der Waals surface area contributed by atoms with E-state index in [4.69, 9.17) is 11.0 Å². The number of carbonyl (C=O) groups is 1. The summed E-state index contributed by atoms with van der Waals surface area (Å²) in [5.41, 5.74) is 7.61. The molecule has 0 saturated carbocycles. The van der Waals surface area contributed by atoms with Crippen LogP contribution in [0.3, 0.4) is 0 Å². The van der Waals surface area contributed by atoms with E-state index in [-0.39, 0.29) is 0 Å². The Morgan fingerprint density at radius 3 is 2.90 bits per heavy atom. The number of nitrogens with two attached hydrogens (primary N) is 1. The van der Waals surface area contributed by atoms with Crippen LogP contribution in [0.15, 0.2) is 36.5 Å². The zero-order chi connectivity index (χ0) is 14.5. The first kappa shape index (κ1) is 13.4. The molecule has 0 aliphatic heterocycles. The normalized spacial score (nSPS) is 9.60. The molecule has 20 heavy (non-hydrogen) atoms. The predicted octanol–water partition coefficient (Wildman–Crippen LogP) is 2.07. The molecule has 0 aliphatic carbocycles. The monoisotopic (exact) mass is 268 g/mol. The second-order valence-electron chi connectivity index (χ2n) is 3.97. The van der Waals surface area contributed by atoms with Crippen molar-refractivity contribution in [3.8, 4) is 6.07 Å². The number of methoxy groups -OCH3 is 1. The SMILES string of the molecule is COC(=O)c1cccc(Nc2ncc(C#N)cc2N)c1. The van der Waals surface area contributed by atoms with E-state index >= 15 is 0 Å². The molecule has 0 bridgehead atoms. The average Bonchev–Trinajstić information content (AvgIpc) is 2.48. The number of nitrogen functional groups attached to an aromatic ring is 1. The van der Waals surface area contributed by atoms with Crippen molar-refractivity contribution in [3.63, 3.8) is 0 Å². The summed E-state index contributed by atoms with van der Waals surface area (Å²) >= 11 is 0. The molecule has 1 aromatic heterocycles. The Morgan fingerprint density at radius 2 is 2.25 bits per heavy atom. The van der Waals surface area contributed by atoms with Gasteiger partial charge in [-0.25, -0.2) is 9.78 Å². The molecule has 0 radical (unpaired) electrons. The zero-order valence-electron chi connectivity index (χ0n) is 10.8. The highest BCUT2D eigenvalue weighted by Crippen LogP contribution is 2.22. The second kappa shape index (κ2) is 5.71. The van der Waals surface area contributed by atoms with Crippen LogP contribution in [-0.2, 0) is 4.74 Å². The van der Waals surface area contributed by atoms with Gasteiger partial charge in [-0.1, -0.05) is 6.07 Å². The van der Waals surface area contributed by atoms with Crippen LogP contribution >= 0.6 is 0 Å². The van der Waals surface area contributed by atoms with E-state index in [1.54, 1.807) is 24.3 Å². The molecular formula is C14H12N4O2. The minimum Gasteiger partial charge on any atom is -0.465 e. The van der Waals surface area contributed by atoms with Gasteiger partial charge >= 0.3 is 5.97 Å². The molecule has 1 aromatic carbocycles. The van der Waals surface area contributed by atoms with Crippen LogP contribution in [0.1, 0.15) is 15.9 Å². The Labute approximate surface area is 115 Å². The van der Waals surface area contributed by atoms with Gasteiger partial charge in [0.25, 0.3) is 0 Å². The third-order valence-corrected chi connectivity index (χ3v) is 2.59. The number of hydrogen-bond donors (Lipinski definition) is 2. The van der Waals surface area contributed by atoms with Gasteiger partial charge in [0.1, 0.15) is 6.07 Å². The van der Waals surface area contributed by atoms with Gasteiger partial charge in [-0.2, -0.15) is 5.26 Å². The van der Waals surface area contributed by atoms with Crippen LogP contribution < -0.4 is 11.1 Å². The lowest BCUT2D eigenvalue weighted by Gasteiger charge is -2.09. The molecule has 6 nitrogen and oxygen atoms in total. The van der Waals surface area contributed by atoms with Crippen molar-refractivity contribution >= 4 is 23.2 Å². The van der Waals surface area contributed by atoms with Gasteiger partial charge in [-0.3, -0.25) is 0 Å². The minimum atomic E-state index is -0.422. The van der Waals surface area contributed by atoms with Crippen molar-refractivity contribution in [1.82, 2.24) is 4.98 Å². The van der Waals surface area contributed by atoms with Crippen molar-refractivity contribution in [2.45, 2.75) is 0 Å². The summed E-state index contributed by atoms with van der Waals surface area (Å²) in [6.07, 6.45) is 1.42. The quantitative estimate of drug-likeness (QED) is 0.826. The maximum absolute atomic E-state index is 11.4. The van der Waals surface area contributed by atoms with E-state index in [0.717, 1.165) is 0 Å². The number of nitriles is 1. The number of nitrogens with one attached hydrogen (secondary N) is 1. The van der Waals surface area contributed by atoms with Gasteiger partial charge in [-0.05, 0) is 24.3 Å². The Hall–Kier alpha value is -3.07. The molecule has 0 saturated heterocycles. The highest BCUT2D eigenvalue weighted by Gasteiger charge is 2.07. The zero-order valence-corrected chi connectivity index (χ0v) is 10.8. The number of anilines is 3. The molecule has 0 aliphatic rings. The molecule has 0 amide bonds. The minimum absolute atomic E-state index is 0.354. The standard InChI is InChI=1S/C14H12N4O2/c1-20-14(19)10-3-2-4-11(6-10)18-13-12(16)5-9(7-15)8-17-13/h2-6,8H,16H2,1H3,(H,17,18). The summed E-state index contributed by atoms with van der Waals surface area (Å²) in [4.78, 5) is 15.5. The van der Waals surface area contributed by atoms with Gasteiger partial charge in [0.05, 0.1) is 23.9 Å². The largest absolute Gasteiger partial charge is 0.465 e. The molecular weight excluding hydrogens is 256 g/mol. The van der Waals surface area contributed by atoms with E-state index in [9.17, 15) is 4.79 Å². The fourth-order valence-corrected chi connectivity index (χ4v) is 1.63. The average molecular weight is 268 g/mol. The lowest BCUT2D eigenvalue weighted by atomic mass is 10.2. The number of ether oxygens (including phenoxy) is 1. The van der Waals surface area contributed by atoms with Crippen LogP contribution in [0.25, 0.3) is 0 Å². The van der Waals surface area contributed by atoms with Gasteiger partial charge < -0.3 is 15.8 Å². The topological polar surface area (TPSA) is 101 Å². The van der Waals surface area contributed by atoms with Gasteiger partial charge in [0.15, 0.2) is 5.82 Å². The Morgan fingerprint density at radius 1 is 1.45 bits per heavy atom. The van der Waals surface area contributed by atoms with Crippen LogP contribution in [0.5, 0.6) is 0 Å². The highest BCUT2D eigenvalue weighted by atomic mass is 16.5. The number of carbonyl (C=O) groups excluding carboxylic acids is 1. The van der Waals surface area contributed by atoms with E-state index in [0.29, 0.717) is 28.3 Å². The van der Waals surface area contributed by atoms with Crippen LogP contribution in [-0.4, -0.2) is 18.1 Å². The smallest absolute Gasteiger partial charge is 0.337 e. The molecule has 3 N–H and O–H groups in total. The molecule has 2 aromatic rings. The number of nitrogens with zero attached hydrogens (tertiary/aromatic N) is 2. The number of esters is 1. The maximum Gasteiger partial charge on any atom is 0.337 e. The van der Waals surface area contributed by atoms with Crippen molar-refractivity contribution in [3.05, 3.63) is 47.7 Å². The van der Waals surface area contributed by atoms with Gasteiger partial charge in [0.2, 0.25) is 0 Å². The molecule has 0 unspecified atom stereocenters. The Balaban J connectivity index is 2.26. The van der Waals surface area contributed by atoms with Crippen LogP contribution in [0.4, 0.5) is 17.2 Å². The maximum atomic E-state index is 11.4. The first-order chi connectivity index (χ1) is 9.63. The number of pyridine rings is 1. The lowest BCUT2D eigenvalue weighted by Crippen LogP contribution is -2.03. The van der Waals surface area contributed by atoms with Crippen molar-refractivity contribution in [2.24, 2.45) is 0 Å². The van der Waals surface area contributed by atoms with Crippen molar-refractivity contribution in [1.29, 1.82) is 5.26 Å². The molecule has 0 fully saturated rings. The number of hydrogen-bond acceptors (Lipinski definition) is 6. The van der Waals surface area contributed by atoms with E-state index < -0.39 is 5.97 Å². The van der Waals surface area contributed by atoms with E-state index in [1.807, 2.05) is 6.07 Å². The van der Waals surface area contributed by atoms with E-state index in [1.165, 1.54) is 19.4 Å².